The lowest BCUT2D eigenvalue weighted by Gasteiger charge is -2.43. The summed E-state index contributed by atoms with van der Waals surface area (Å²) in [6.07, 6.45) is 5.83. The van der Waals surface area contributed by atoms with Crippen molar-refractivity contribution < 1.29 is 9.84 Å². The van der Waals surface area contributed by atoms with Crippen LogP contribution in [0.4, 0.5) is 0 Å². The van der Waals surface area contributed by atoms with E-state index < -0.39 is 0 Å². The second-order valence-electron chi connectivity index (χ2n) is 8.26. The number of hydrogen-bond acceptors (Lipinski definition) is 2. The third-order valence-electron chi connectivity index (χ3n) is 5.05. The molecular weight excluding hydrogens is 236 g/mol. The summed E-state index contributed by atoms with van der Waals surface area (Å²) in [5.41, 5.74) is 0.387. The third-order valence-corrected chi connectivity index (χ3v) is 5.05. The molecule has 2 aliphatic rings. The van der Waals surface area contributed by atoms with Crippen molar-refractivity contribution in [3.05, 3.63) is 0 Å². The fourth-order valence-corrected chi connectivity index (χ4v) is 4.60. The van der Waals surface area contributed by atoms with Crippen molar-refractivity contribution in [3.8, 4) is 0 Å². The van der Waals surface area contributed by atoms with E-state index in [1.54, 1.807) is 0 Å². The molecule has 0 radical (unpaired) electrons. The highest BCUT2D eigenvalue weighted by Crippen LogP contribution is 2.41. The fourth-order valence-electron chi connectivity index (χ4n) is 4.60. The van der Waals surface area contributed by atoms with Crippen LogP contribution in [0.15, 0.2) is 0 Å². The first-order valence-corrected chi connectivity index (χ1v) is 8.10. The molecule has 0 aromatic heterocycles. The zero-order valence-corrected chi connectivity index (χ0v) is 13.4. The van der Waals surface area contributed by atoms with Crippen LogP contribution in [0.25, 0.3) is 0 Å². The Morgan fingerprint density at radius 2 is 1.63 bits per heavy atom. The molecule has 0 aliphatic heterocycles. The quantitative estimate of drug-likeness (QED) is 0.820. The molecule has 0 heterocycles. The Bertz CT molecular complexity index is 288. The van der Waals surface area contributed by atoms with E-state index in [4.69, 9.17) is 4.74 Å². The second-order valence-corrected chi connectivity index (χ2v) is 8.26. The largest absolute Gasteiger partial charge is 0.390 e. The van der Waals surface area contributed by atoms with E-state index in [0.717, 1.165) is 25.2 Å². The van der Waals surface area contributed by atoms with Gasteiger partial charge < -0.3 is 9.84 Å². The molecule has 1 N–H and O–H groups in total. The molecule has 0 amide bonds. The lowest BCUT2D eigenvalue weighted by atomic mass is 9.71. The summed E-state index contributed by atoms with van der Waals surface area (Å²) in [6, 6.07) is 0. The van der Waals surface area contributed by atoms with Gasteiger partial charge in [-0.2, -0.15) is 0 Å². The lowest BCUT2D eigenvalue weighted by molar-refractivity contribution is -0.146. The summed E-state index contributed by atoms with van der Waals surface area (Å²) in [7, 11) is 0. The van der Waals surface area contributed by atoms with E-state index in [0.29, 0.717) is 23.4 Å². The zero-order valence-electron chi connectivity index (χ0n) is 13.4. The van der Waals surface area contributed by atoms with Crippen molar-refractivity contribution in [2.45, 2.75) is 85.0 Å². The van der Waals surface area contributed by atoms with Gasteiger partial charge >= 0.3 is 0 Å². The van der Waals surface area contributed by atoms with Gasteiger partial charge in [-0.25, -0.2) is 0 Å². The first-order valence-electron chi connectivity index (χ1n) is 8.10. The molecule has 2 saturated carbocycles. The Balaban J connectivity index is 1.96. The first-order chi connectivity index (χ1) is 8.77. The van der Waals surface area contributed by atoms with Crippen LogP contribution in [0, 0.1) is 23.2 Å². The molecule has 0 bridgehead atoms. The van der Waals surface area contributed by atoms with Crippen LogP contribution in [0.3, 0.4) is 0 Å². The SMILES string of the molecule is CC1CC(C)C(OC2CC(C)CC(C)(C)C2)C(O)C1. The molecule has 19 heavy (non-hydrogen) atoms. The van der Waals surface area contributed by atoms with Crippen LogP contribution in [-0.4, -0.2) is 23.4 Å². The van der Waals surface area contributed by atoms with Gasteiger partial charge in [-0.3, -0.25) is 0 Å². The minimum Gasteiger partial charge on any atom is -0.390 e. The lowest BCUT2D eigenvalue weighted by Crippen LogP contribution is -2.45. The van der Waals surface area contributed by atoms with E-state index in [1.165, 1.54) is 12.8 Å². The Kier molecular flexibility index (Phi) is 4.62. The summed E-state index contributed by atoms with van der Waals surface area (Å²) < 4.78 is 6.36. The number of rotatable bonds is 2. The molecule has 6 atom stereocenters. The normalized spacial score (nSPS) is 47.1. The van der Waals surface area contributed by atoms with Crippen molar-refractivity contribution in [1.29, 1.82) is 0 Å². The standard InChI is InChI=1S/C17H32O2/c1-11-6-13(3)16(15(18)8-11)19-14-7-12(2)9-17(4,5)10-14/h11-16,18H,6-10H2,1-5H3. The highest BCUT2D eigenvalue weighted by molar-refractivity contribution is 4.88. The molecule has 0 aromatic carbocycles. The van der Waals surface area contributed by atoms with E-state index in [9.17, 15) is 5.11 Å². The Labute approximate surface area is 118 Å². The smallest absolute Gasteiger partial charge is 0.0863 e. The maximum absolute atomic E-state index is 10.3. The van der Waals surface area contributed by atoms with Crippen LogP contribution in [-0.2, 0) is 4.74 Å². The predicted octanol–water partition coefficient (Wildman–Crippen LogP) is 4.01. The average molecular weight is 268 g/mol. The van der Waals surface area contributed by atoms with E-state index in [-0.39, 0.29) is 12.2 Å². The van der Waals surface area contributed by atoms with Crippen LogP contribution >= 0.6 is 0 Å². The molecule has 0 saturated heterocycles. The Morgan fingerprint density at radius 1 is 0.947 bits per heavy atom. The molecule has 2 fully saturated rings. The van der Waals surface area contributed by atoms with Crippen molar-refractivity contribution in [2.24, 2.45) is 23.2 Å². The van der Waals surface area contributed by atoms with Gasteiger partial charge in [-0.05, 0) is 55.3 Å². The molecule has 2 rings (SSSR count). The number of aliphatic hydroxyl groups is 1. The molecular formula is C17H32O2. The minimum atomic E-state index is -0.265. The van der Waals surface area contributed by atoms with Crippen LogP contribution in [0.2, 0.25) is 0 Å². The topological polar surface area (TPSA) is 29.5 Å². The van der Waals surface area contributed by atoms with Crippen molar-refractivity contribution in [3.63, 3.8) is 0 Å². The van der Waals surface area contributed by atoms with E-state index in [2.05, 4.69) is 34.6 Å². The molecule has 2 aliphatic carbocycles. The average Bonchev–Trinajstić information content (AvgIpc) is 2.20. The van der Waals surface area contributed by atoms with E-state index in [1.807, 2.05) is 0 Å². The highest BCUT2D eigenvalue weighted by atomic mass is 16.5. The predicted molar refractivity (Wildman–Crippen MR) is 79.0 cm³/mol. The number of ether oxygens (including phenoxy) is 1. The van der Waals surface area contributed by atoms with Gasteiger partial charge in [0, 0.05) is 0 Å². The van der Waals surface area contributed by atoms with Gasteiger partial charge in [0.1, 0.15) is 0 Å². The number of aliphatic hydroxyl groups excluding tert-OH is 1. The zero-order chi connectivity index (χ0) is 14.2. The summed E-state index contributed by atoms with van der Waals surface area (Å²) >= 11 is 0. The first kappa shape index (κ1) is 15.3. The minimum absolute atomic E-state index is 0.0577. The van der Waals surface area contributed by atoms with Gasteiger partial charge in [0.2, 0.25) is 0 Å². The van der Waals surface area contributed by atoms with Crippen LogP contribution in [0.1, 0.15) is 66.7 Å². The van der Waals surface area contributed by atoms with E-state index >= 15 is 0 Å². The van der Waals surface area contributed by atoms with Crippen molar-refractivity contribution in [1.82, 2.24) is 0 Å². The van der Waals surface area contributed by atoms with Crippen molar-refractivity contribution in [2.75, 3.05) is 0 Å². The van der Waals surface area contributed by atoms with Gasteiger partial charge in [-0.15, -0.1) is 0 Å². The number of hydrogen-bond donors (Lipinski definition) is 1. The summed E-state index contributed by atoms with van der Waals surface area (Å²) in [4.78, 5) is 0. The van der Waals surface area contributed by atoms with Crippen LogP contribution < -0.4 is 0 Å². The van der Waals surface area contributed by atoms with Gasteiger partial charge in [0.15, 0.2) is 0 Å². The highest BCUT2D eigenvalue weighted by Gasteiger charge is 2.38. The fraction of sp³-hybridized carbons (Fsp3) is 1.00. The second kappa shape index (κ2) is 5.73. The molecule has 0 aromatic rings. The molecule has 2 heteroatoms. The van der Waals surface area contributed by atoms with Crippen molar-refractivity contribution >= 4 is 0 Å². The monoisotopic (exact) mass is 268 g/mol. The van der Waals surface area contributed by atoms with Gasteiger partial charge in [0.05, 0.1) is 18.3 Å². The maximum Gasteiger partial charge on any atom is 0.0863 e. The maximum atomic E-state index is 10.3. The van der Waals surface area contributed by atoms with Gasteiger partial charge in [0.25, 0.3) is 0 Å². The van der Waals surface area contributed by atoms with Crippen LogP contribution in [0.5, 0.6) is 0 Å². The molecule has 112 valence electrons. The molecule has 0 spiro atoms. The Morgan fingerprint density at radius 3 is 2.21 bits per heavy atom. The summed E-state index contributed by atoms with van der Waals surface area (Å²) in [5.74, 6) is 1.86. The third kappa shape index (κ3) is 3.95. The summed E-state index contributed by atoms with van der Waals surface area (Å²) in [6.45, 7) is 11.5. The molecule has 2 nitrogen and oxygen atoms in total. The Hall–Kier alpha value is -0.0800. The van der Waals surface area contributed by atoms with Gasteiger partial charge in [-0.1, -0.05) is 34.6 Å². The molecule has 6 unspecified atom stereocenters. The summed E-state index contributed by atoms with van der Waals surface area (Å²) in [5, 5.41) is 10.3.